The Hall–Kier alpha value is -1.36. The number of carbonyl (C=O) groups is 2. The fourth-order valence-electron chi connectivity index (χ4n) is 2.45. The summed E-state index contributed by atoms with van der Waals surface area (Å²) < 4.78 is 0.994. The maximum Gasteiger partial charge on any atom is 0.246 e. The van der Waals surface area contributed by atoms with Crippen LogP contribution in [-0.4, -0.2) is 28.3 Å². The first-order valence-corrected chi connectivity index (χ1v) is 7.89. The van der Waals surface area contributed by atoms with E-state index < -0.39 is 11.6 Å². The SMILES string of the molecule is CC(C)C1NC(=O)C(C)(C)N(Cc2ccc(Br)cc2)C1=O. The van der Waals surface area contributed by atoms with Gasteiger partial charge in [0.25, 0.3) is 0 Å². The number of hydrogen-bond acceptors (Lipinski definition) is 2. The maximum atomic E-state index is 12.7. The van der Waals surface area contributed by atoms with E-state index in [2.05, 4.69) is 21.2 Å². The third kappa shape index (κ3) is 3.12. The van der Waals surface area contributed by atoms with Gasteiger partial charge >= 0.3 is 0 Å². The Morgan fingerprint density at radius 2 is 1.81 bits per heavy atom. The predicted molar refractivity (Wildman–Crippen MR) is 85.5 cm³/mol. The van der Waals surface area contributed by atoms with Crippen molar-refractivity contribution in [1.82, 2.24) is 10.2 Å². The summed E-state index contributed by atoms with van der Waals surface area (Å²) in [7, 11) is 0. The number of amides is 2. The van der Waals surface area contributed by atoms with E-state index in [0.29, 0.717) is 6.54 Å². The Bertz CT molecular complexity index is 552. The Kier molecular flexibility index (Phi) is 4.42. The molecule has 114 valence electrons. The minimum atomic E-state index is -0.838. The molecule has 1 heterocycles. The Morgan fingerprint density at radius 3 is 2.33 bits per heavy atom. The van der Waals surface area contributed by atoms with Crippen LogP contribution in [0.3, 0.4) is 0 Å². The van der Waals surface area contributed by atoms with E-state index in [4.69, 9.17) is 0 Å². The van der Waals surface area contributed by atoms with Crippen molar-refractivity contribution in [2.45, 2.75) is 45.8 Å². The van der Waals surface area contributed by atoms with Crippen molar-refractivity contribution in [3.63, 3.8) is 0 Å². The van der Waals surface area contributed by atoms with Crippen LogP contribution in [0, 0.1) is 5.92 Å². The Balaban J connectivity index is 2.30. The molecule has 21 heavy (non-hydrogen) atoms. The molecule has 2 rings (SSSR count). The van der Waals surface area contributed by atoms with E-state index in [-0.39, 0.29) is 17.7 Å². The molecule has 0 aromatic heterocycles. The molecule has 1 atom stereocenters. The second-order valence-electron chi connectivity index (χ2n) is 6.31. The molecule has 0 radical (unpaired) electrons. The zero-order valence-electron chi connectivity index (χ0n) is 12.8. The minimum absolute atomic E-state index is 0.0162. The molecule has 1 N–H and O–H groups in total. The molecule has 0 aliphatic carbocycles. The van der Waals surface area contributed by atoms with Crippen LogP contribution >= 0.6 is 15.9 Å². The molecule has 0 spiro atoms. The third-order valence-corrected chi connectivity index (χ3v) is 4.50. The molecular weight excluding hydrogens is 332 g/mol. The zero-order chi connectivity index (χ0) is 15.8. The molecular formula is C16H21BrN2O2. The van der Waals surface area contributed by atoms with Crippen molar-refractivity contribution >= 4 is 27.7 Å². The van der Waals surface area contributed by atoms with E-state index in [9.17, 15) is 9.59 Å². The van der Waals surface area contributed by atoms with Crippen molar-refractivity contribution < 1.29 is 9.59 Å². The van der Waals surface area contributed by atoms with Crippen molar-refractivity contribution in [3.8, 4) is 0 Å². The molecule has 1 unspecified atom stereocenters. The molecule has 1 fully saturated rings. The largest absolute Gasteiger partial charge is 0.342 e. The van der Waals surface area contributed by atoms with Gasteiger partial charge in [0.2, 0.25) is 11.8 Å². The Labute approximate surface area is 134 Å². The monoisotopic (exact) mass is 352 g/mol. The summed E-state index contributed by atoms with van der Waals surface area (Å²) in [6.45, 7) is 7.90. The number of carbonyl (C=O) groups excluding carboxylic acids is 2. The third-order valence-electron chi connectivity index (χ3n) is 3.97. The number of rotatable bonds is 3. The molecule has 1 aliphatic heterocycles. The average molecular weight is 353 g/mol. The average Bonchev–Trinajstić information content (AvgIpc) is 2.41. The van der Waals surface area contributed by atoms with Gasteiger partial charge < -0.3 is 10.2 Å². The molecule has 1 aromatic carbocycles. The summed E-state index contributed by atoms with van der Waals surface area (Å²) in [5.41, 5.74) is 0.173. The molecule has 1 aromatic rings. The molecule has 1 aliphatic rings. The van der Waals surface area contributed by atoms with Gasteiger partial charge in [-0.05, 0) is 37.5 Å². The summed E-state index contributed by atoms with van der Waals surface area (Å²) in [6, 6.07) is 7.36. The number of hydrogen-bond donors (Lipinski definition) is 1. The molecule has 2 amide bonds. The molecule has 5 heteroatoms. The highest BCUT2D eigenvalue weighted by Crippen LogP contribution is 2.26. The molecule has 0 bridgehead atoms. The van der Waals surface area contributed by atoms with Gasteiger partial charge in [-0.2, -0.15) is 0 Å². The fourth-order valence-corrected chi connectivity index (χ4v) is 2.71. The van der Waals surface area contributed by atoms with Crippen LogP contribution in [0.15, 0.2) is 28.7 Å². The number of nitrogens with one attached hydrogen (secondary N) is 1. The van der Waals surface area contributed by atoms with Crippen LogP contribution < -0.4 is 5.32 Å². The minimum Gasteiger partial charge on any atom is -0.342 e. The van der Waals surface area contributed by atoms with Gasteiger partial charge in [-0.15, -0.1) is 0 Å². The lowest BCUT2D eigenvalue weighted by atomic mass is 9.91. The number of nitrogens with zero attached hydrogens (tertiary/aromatic N) is 1. The summed E-state index contributed by atoms with van der Waals surface area (Å²) in [4.78, 5) is 26.7. The standard InChI is InChI=1S/C16H21BrN2O2/c1-10(2)13-14(20)19(16(3,4)15(21)18-13)9-11-5-7-12(17)8-6-11/h5-8,10,13H,9H2,1-4H3,(H,18,21). The zero-order valence-corrected chi connectivity index (χ0v) is 14.4. The van der Waals surface area contributed by atoms with Gasteiger partial charge in [0.05, 0.1) is 0 Å². The summed E-state index contributed by atoms with van der Waals surface area (Å²) in [5, 5.41) is 2.84. The smallest absolute Gasteiger partial charge is 0.246 e. The van der Waals surface area contributed by atoms with E-state index in [0.717, 1.165) is 10.0 Å². The first-order chi connectivity index (χ1) is 9.73. The lowest BCUT2D eigenvalue weighted by Crippen LogP contribution is -2.69. The maximum absolute atomic E-state index is 12.7. The second kappa shape index (κ2) is 5.79. The molecule has 1 saturated heterocycles. The van der Waals surface area contributed by atoms with Crippen molar-refractivity contribution in [2.24, 2.45) is 5.92 Å². The summed E-state index contributed by atoms with van der Waals surface area (Å²) >= 11 is 3.40. The van der Waals surface area contributed by atoms with Gasteiger partial charge in [0.1, 0.15) is 11.6 Å². The highest BCUT2D eigenvalue weighted by atomic mass is 79.9. The van der Waals surface area contributed by atoms with Gasteiger partial charge in [-0.1, -0.05) is 41.9 Å². The first-order valence-electron chi connectivity index (χ1n) is 7.10. The van der Waals surface area contributed by atoms with Gasteiger partial charge in [-0.25, -0.2) is 0 Å². The van der Waals surface area contributed by atoms with Crippen LogP contribution in [-0.2, 0) is 16.1 Å². The molecule has 4 nitrogen and oxygen atoms in total. The predicted octanol–water partition coefficient (Wildman–Crippen LogP) is 2.71. The van der Waals surface area contributed by atoms with Gasteiger partial charge in [0, 0.05) is 11.0 Å². The normalized spacial score (nSPS) is 21.6. The van der Waals surface area contributed by atoms with Crippen molar-refractivity contribution in [2.75, 3.05) is 0 Å². The lowest BCUT2D eigenvalue weighted by Gasteiger charge is -2.45. The highest BCUT2D eigenvalue weighted by molar-refractivity contribution is 9.10. The van der Waals surface area contributed by atoms with Crippen LogP contribution in [0.2, 0.25) is 0 Å². The van der Waals surface area contributed by atoms with E-state index in [1.165, 1.54) is 0 Å². The summed E-state index contributed by atoms with van der Waals surface area (Å²) in [6.07, 6.45) is 0. The summed E-state index contributed by atoms with van der Waals surface area (Å²) in [5.74, 6) is -0.0413. The van der Waals surface area contributed by atoms with Crippen molar-refractivity contribution in [3.05, 3.63) is 34.3 Å². The van der Waals surface area contributed by atoms with Crippen LogP contribution in [0.25, 0.3) is 0 Å². The highest BCUT2D eigenvalue weighted by Gasteiger charge is 2.46. The quantitative estimate of drug-likeness (QED) is 0.908. The van der Waals surface area contributed by atoms with Gasteiger partial charge in [0.15, 0.2) is 0 Å². The number of halogens is 1. The lowest BCUT2D eigenvalue weighted by molar-refractivity contribution is -0.157. The first kappa shape index (κ1) is 16.0. The number of benzene rings is 1. The van der Waals surface area contributed by atoms with E-state index >= 15 is 0 Å². The fraction of sp³-hybridized carbons (Fsp3) is 0.500. The molecule has 0 saturated carbocycles. The second-order valence-corrected chi connectivity index (χ2v) is 7.22. The van der Waals surface area contributed by atoms with Crippen molar-refractivity contribution in [1.29, 1.82) is 0 Å². The topological polar surface area (TPSA) is 49.4 Å². The Morgan fingerprint density at radius 1 is 1.24 bits per heavy atom. The number of piperazine rings is 1. The van der Waals surface area contributed by atoms with Gasteiger partial charge in [-0.3, -0.25) is 9.59 Å². The van der Waals surface area contributed by atoms with E-state index in [1.54, 1.807) is 18.7 Å². The van der Waals surface area contributed by atoms with Crippen LogP contribution in [0.5, 0.6) is 0 Å². The van der Waals surface area contributed by atoms with Crippen LogP contribution in [0.4, 0.5) is 0 Å². The van der Waals surface area contributed by atoms with E-state index in [1.807, 2.05) is 38.1 Å². The van der Waals surface area contributed by atoms with Crippen LogP contribution in [0.1, 0.15) is 33.3 Å².